The average molecular weight is 237 g/mol. The van der Waals surface area contributed by atoms with Gasteiger partial charge in [-0.25, -0.2) is 0 Å². The number of rotatable bonds is 6. The van der Waals surface area contributed by atoms with Crippen LogP contribution in [0.1, 0.15) is 26.0 Å². The molecule has 0 radical (unpaired) electrons. The van der Waals surface area contributed by atoms with Crippen molar-refractivity contribution in [2.24, 2.45) is 0 Å². The van der Waals surface area contributed by atoms with E-state index in [9.17, 15) is 0 Å². The van der Waals surface area contributed by atoms with E-state index in [4.69, 9.17) is 20.5 Å². The van der Waals surface area contributed by atoms with Crippen molar-refractivity contribution in [2.75, 3.05) is 19.5 Å². The van der Waals surface area contributed by atoms with E-state index in [-0.39, 0.29) is 6.10 Å². The van der Waals surface area contributed by atoms with Crippen LogP contribution in [-0.4, -0.2) is 24.4 Å². The zero-order valence-electron chi connectivity index (χ0n) is 10.6. The van der Waals surface area contributed by atoms with Crippen molar-refractivity contribution in [2.45, 2.75) is 32.9 Å². The molecule has 0 aromatic carbocycles. The molecule has 5 heteroatoms. The fourth-order valence-electron chi connectivity index (χ4n) is 1.68. The molecule has 0 aliphatic rings. The number of nitriles is 1. The van der Waals surface area contributed by atoms with Crippen LogP contribution in [0.25, 0.3) is 0 Å². The first kappa shape index (κ1) is 13.4. The molecule has 0 aliphatic heterocycles. The lowest BCUT2D eigenvalue weighted by atomic mass is 10.4. The maximum atomic E-state index is 9.01. The van der Waals surface area contributed by atoms with E-state index < -0.39 is 0 Å². The van der Waals surface area contributed by atoms with Crippen molar-refractivity contribution >= 4 is 5.69 Å². The molecule has 1 aromatic rings. The van der Waals surface area contributed by atoms with Crippen LogP contribution in [0.4, 0.5) is 5.69 Å². The highest BCUT2D eigenvalue weighted by molar-refractivity contribution is 5.55. The zero-order valence-corrected chi connectivity index (χ0v) is 10.6. The molecule has 0 saturated heterocycles. The molecule has 5 nitrogen and oxygen atoms in total. The summed E-state index contributed by atoms with van der Waals surface area (Å²) in [5.74, 6) is 0.563. The number of nitrogens with two attached hydrogens (primary N) is 1. The third-order valence-corrected chi connectivity index (χ3v) is 2.35. The van der Waals surface area contributed by atoms with E-state index in [1.807, 2.05) is 18.4 Å². The molecule has 94 valence electrons. The summed E-state index contributed by atoms with van der Waals surface area (Å²) >= 11 is 0. The molecule has 0 unspecified atom stereocenters. The van der Waals surface area contributed by atoms with Crippen LogP contribution in [0.2, 0.25) is 0 Å². The van der Waals surface area contributed by atoms with Crippen molar-refractivity contribution in [1.82, 2.24) is 4.57 Å². The first-order valence-electron chi connectivity index (χ1n) is 5.68. The highest BCUT2D eigenvalue weighted by Gasteiger charge is 2.16. The Labute approximate surface area is 102 Å². The van der Waals surface area contributed by atoms with Gasteiger partial charge in [-0.05, 0) is 13.3 Å². The fraction of sp³-hybridized carbons (Fsp3) is 0.583. The Morgan fingerprint density at radius 2 is 2.29 bits per heavy atom. The Balaban J connectivity index is 2.96. The molecule has 0 saturated carbocycles. The number of hydrogen-bond donors (Lipinski definition) is 1. The molecule has 2 N–H and O–H groups in total. The minimum atomic E-state index is -0.0978. The van der Waals surface area contributed by atoms with E-state index in [1.54, 1.807) is 13.2 Å². The minimum absolute atomic E-state index is 0.0978. The van der Waals surface area contributed by atoms with E-state index in [1.165, 1.54) is 0 Å². The van der Waals surface area contributed by atoms with Crippen LogP contribution in [0, 0.1) is 11.3 Å². The summed E-state index contributed by atoms with van der Waals surface area (Å²) in [7, 11) is 1.62. The van der Waals surface area contributed by atoms with Gasteiger partial charge in [-0.1, -0.05) is 6.92 Å². The van der Waals surface area contributed by atoms with E-state index in [0.29, 0.717) is 23.9 Å². The van der Waals surface area contributed by atoms with Crippen LogP contribution in [0.15, 0.2) is 6.07 Å². The van der Waals surface area contributed by atoms with Crippen molar-refractivity contribution in [1.29, 1.82) is 5.26 Å². The number of aromatic nitrogens is 1. The van der Waals surface area contributed by atoms with Gasteiger partial charge in [0.15, 0.2) is 0 Å². The number of nitrogens with zero attached hydrogens (tertiary/aromatic N) is 2. The lowest BCUT2D eigenvalue weighted by Crippen LogP contribution is -2.20. The van der Waals surface area contributed by atoms with Crippen LogP contribution in [0.5, 0.6) is 5.88 Å². The molecular weight excluding hydrogens is 218 g/mol. The highest BCUT2D eigenvalue weighted by Crippen LogP contribution is 2.27. The van der Waals surface area contributed by atoms with Gasteiger partial charge in [-0.3, -0.25) is 0 Å². The molecule has 0 fully saturated rings. The maximum absolute atomic E-state index is 9.01. The quantitative estimate of drug-likeness (QED) is 0.818. The Hall–Kier alpha value is -1.67. The summed E-state index contributed by atoms with van der Waals surface area (Å²) in [5, 5.41) is 9.01. The van der Waals surface area contributed by atoms with Crippen LogP contribution in [-0.2, 0) is 11.3 Å². The first-order valence-corrected chi connectivity index (χ1v) is 5.68. The number of nitrogen functional groups attached to an aromatic ring is 1. The minimum Gasteiger partial charge on any atom is -0.472 e. The Kier molecular flexibility index (Phi) is 4.85. The van der Waals surface area contributed by atoms with Crippen LogP contribution in [0.3, 0.4) is 0 Å². The Morgan fingerprint density at radius 3 is 2.82 bits per heavy atom. The Bertz CT molecular complexity index is 407. The second-order valence-corrected chi connectivity index (χ2v) is 3.94. The van der Waals surface area contributed by atoms with Gasteiger partial charge >= 0.3 is 0 Å². The number of ether oxygens (including phenoxy) is 2. The van der Waals surface area contributed by atoms with Gasteiger partial charge in [0.05, 0.1) is 12.3 Å². The van der Waals surface area contributed by atoms with Gasteiger partial charge in [0.25, 0.3) is 0 Å². The van der Waals surface area contributed by atoms with Crippen LogP contribution < -0.4 is 10.5 Å². The zero-order chi connectivity index (χ0) is 12.8. The van der Waals surface area contributed by atoms with Gasteiger partial charge in [-0.15, -0.1) is 0 Å². The van der Waals surface area contributed by atoms with Gasteiger partial charge in [0.2, 0.25) is 5.88 Å². The van der Waals surface area contributed by atoms with E-state index in [2.05, 4.69) is 6.07 Å². The molecule has 17 heavy (non-hydrogen) atoms. The first-order chi connectivity index (χ1) is 8.13. The Morgan fingerprint density at radius 1 is 1.59 bits per heavy atom. The second-order valence-electron chi connectivity index (χ2n) is 3.94. The van der Waals surface area contributed by atoms with Crippen molar-refractivity contribution in [3.05, 3.63) is 11.8 Å². The van der Waals surface area contributed by atoms with E-state index >= 15 is 0 Å². The number of anilines is 1. The van der Waals surface area contributed by atoms with Gasteiger partial charge < -0.3 is 19.8 Å². The number of methoxy groups -OCH3 is 1. The van der Waals surface area contributed by atoms with Crippen molar-refractivity contribution < 1.29 is 9.47 Å². The average Bonchev–Trinajstić information content (AvgIpc) is 2.58. The fourth-order valence-corrected chi connectivity index (χ4v) is 1.68. The van der Waals surface area contributed by atoms with Gasteiger partial charge in [-0.2, -0.15) is 5.26 Å². The molecule has 1 rings (SSSR count). The molecule has 1 atom stereocenters. The van der Waals surface area contributed by atoms with Crippen LogP contribution >= 0.6 is 0 Å². The summed E-state index contributed by atoms with van der Waals surface area (Å²) in [4.78, 5) is 0. The standard InChI is InChI=1S/C12H19N3O2/c1-4-5-15-10(7-13)6-11(14)12(15)17-9(2)8-16-3/h6,9H,4-5,8,14H2,1-3H3/t9-/m1/s1. The summed E-state index contributed by atoms with van der Waals surface area (Å²) in [6.07, 6.45) is 0.817. The third kappa shape index (κ3) is 3.14. The summed E-state index contributed by atoms with van der Waals surface area (Å²) in [5.41, 5.74) is 6.88. The maximum Gasteiger partial charge on any atom is 0.218 e. The highest BCUT2D eigenvalue weighted by atomic mass is 16.5. The smallest absolute Gasteiger partial charge is 0.218 e. The third-order valence-electron chi connectivity index (χ3n) is 2.35. The SMILES string of the molecule is CCCn1c(C#N)cc(N)c1O[C@H](C)COC. The molecule has 0 aliphatic carbocycles. The molecule has 1 heterocycles. The lowest BCUT2D eigenvalue weighted by molar-refractivity contribution is 0.0865. The predicted octanol–water partition coefficient (Wildman–Crippen LogP) is 1.77. The summed E-state index contributed by atoms with van der Waals surface area (Å²) < 4.78 is 12.5. The van der Waals surface area contributed by atoms with Crippen molar-refractivity contribution in [3.63, 3.8) is 0 Å². The van der Waals surface area contributed by atoms with Crippen molar-refractivity contribution in [3.8, 4) is 11.9 Å². The van der Waals surface area contributed by atoms with Gasteiger partial charge in [0, 0.05) is 19.7 Å². The molecular formula is C12H19N3O2. The normalized spacial score (nSPS) is 12.1. The molecule has 0 amide bonds. The van der Waals surface area contributed by atoms with E-state index in [0.717, 1.165) is 13.0 Å². The largest absolute Gasteiger partial charge is 0.472 e. The summed E-state index contributed by atoms with van der Waals surface area (Å²) in [6, 6.07) is 3.76. The van der Waals surface area contributed by atoms with Gasteiger partial charge in [0.1, 0.15) is 17.9 Å². The summed E-state index contributed by atoms with van der Waals surface area (Å²) in [6.45, 7) is 5.14. The molecule has 0 spiro atoms. The molecule has 1 aromatic heterocycles. The topological polar surface area (TPSA) is 73.2 Å². The number of hydrogen-bond acceptors (Lipinski definition) is 4. The predicted molar refractivity (Wildman–Crippen MR) is 65.8 cm³/mol. The molecule has 0 bridgehead atoms. The lowest BCUT2D eigenvalue weighted by Gasteiger charge is -2.16. The monoisotopic (exact) mass is 237 g/mol. The second kappa shape index (κ2) is 6.16.